The zero-order valence-corrected chi connectivity index (χ0v) is 8.31. The van der Waals surface area contributed by atoms with E-state index >= 15 is 0 Å². The van der Waals surface area contributed by atoms with E-state index in [1.165, 1.54) is 19.3 Å². The minimum absolute atomic E-state index is 0.0703. The van der Waals surface area contributed by atoms with E-state index in [1.54, 1.807) is 0 Å². The average molecular weight is 201 g/mol. The molecule has 3 heteroatoms. The van der Waals surface area contributed by atoms with Crippen LogP contribution in [0, 0.1) is 11.8 Å². The summed E-state index contributed by atoms with van der Waals surface area (Å²) < 4.78 is 25.9. The van der Waals surface area contributed by atoms with Crippen LogP contribution in [-0.4, -0.2) is 18.0 Å². The number of alkyl halides is 2. The maximum Gasteiger partial charge on any atom is 0.249 e. The third kappa shape index (κ3) is 1.56. The van der Waals surface area contributed by atoms with Crippen LogP contribution < -0.4 is 5.32 Å². The summed E-state index contributed by atoms with van der Waals surface area (Å²) in [6.45, 7) is 0. The first-order valence-electron chi connectivity index (χ1n) is 5.78. The highest BCUT2D eigenvalue weighted by Crippen LogP contribution is 2.52. The maximum absolute atomic E-state index is 12.9. The molecule has 0 bridgehead atoms. The second kappa shape index (κ2) is 2.91. The van der Waals surface area contributed by atoms with Crippen LogP contribution in [0.4, 0.5) is 8.78 Å². The largest absolute Gasteiger partial charge is 0.311 e. The quantitative estimate of drug-likeness (QED) is 0.724. The number of rotatable bonds is 2. The third-order valence-electron chi connectivity index (χ3n) is 4.20. The Hall–Kier alpha value is -0.180. The summed E-state index contributed by atoms with van der Waals surface area (Å²) in [5, 5.41) is 3.44. The molecule has 0 aromatic heterocycles. The predicted molar refractivity (Wildman–Crippen MR) is 50.3 cm³/mol. The molecule has 0 aromatic carbocycles. The molecular formula is C11H17F2N. The van der Waals surface area contributed by atoms with Crippen LogP contribution in [0.2, 0.25) is 0 Å². The summed E-state index contributed by atoms with van der Waals surface area (Å²) in [5.41, 5.74) is 0. The molecule has 3 aliphatic carbocycles. The van der Waals surface area contributed by atoms with Crippen LogP contribution in [0.3, 0.4) is 0 Å². The molecule has 1 N–H and O–H groups in total. The Bertz CT molecular complexity index is 241. The van der Waals surface area contributed by atoms with Gasteiger partial charge in [0.15, 0.2) is 0 Å². The summed E-state index contributed by atoms with van der Waals surface area (Å²) in [5.74, 6) is -0.613. The summed E-state index contributed by atoms with van der Waals surface area (Å²) >= 11 is 0. The number of hydrogen-bond acceptors (Lipinski definition) is 1. The van der Waals surface area contributed by atoms with Crippen molar-refractivity contribution in [2.75, 3.05) is 0 Å². The van der Waals surface area contributed by atoms with E-state index in [0.717, 1.165) is 11.8 Å². The van der Waals surface area contributed by atoms with Crippen molar-refractivity contribution >= 4 is 0 Å². The van der Waals surface area contributed by atoms with Gasteiger partial charge in [-0.1, -0.05) is 0 Å². The second-order valence-corrected chi connectivity index (χ2v) is 5.31. The van der Waals surface area contributed by atoms with Crippen molar-refractivity contribution in [1.82, 2.24) is 5.32 Å². The van der Waals surface area contributed by atoms with Crippen molar-refractivity contribution in [2.45, 2.75) is 56.5 Å². The van der Waals surface area contributed by atoms with Crippen molar-refractivity contribution in [3.8, 4) is 0 Å². The molecule has 0 aromatic rings. The zero-order chi connectivity index (χ0) is 9.76. The lowest BCUT2D eigenvalue weighted by Gasteiger charge is -2.20. The molecule has 3 rings (SSSR count). The van der Waals surface area contributed by atoms with Crippen LogP contribution in [0.25, 0.3) is 0 Å². The van der Waals surface area contributed by atoms with Crippen LogP contribution in [0.15, 0.2) is 0 Å². The molecule has 3 fully saturated rings. The molecule has 80 valence electrons. The Morgan fingerprint density at radius 3 is 2.50 bits per heavy atom. The topological polar surface area (TPSA) is 12.0 Å². The van der Waals surface area contributed by atoms with Gasteiger partial charge in [0.05, 0.1) is 0 Å². The molecule has 1 nitrogen and oxygen atoms in total. The molecular weight excluding hydrogens is 184 g/mol. The summed E-state index contributed by atoms with van der Waals surface area (Å²) in [6.07, 6.45) is 4.72. The van der Waals surface area contributed by atoms with Gasteiger partial charge in [-0.2, -0.15) is 0 Å². The molecule has 3 saturated carbocycles. The lowest BCUT2D eigenvalue weighted by atomic mass is 10.1. The van der Waals surface area contributed by atoms with Crippen LogP contribution >= 0.6 is 0 Å². The van der Waals surface area contributed by atoms with E-state index in [-0.39, 0.29) is 18.9 Å². The first-order valence-corrected chi connectivity index (χ1v) is 5.78. The van der Waals surface area contributed by atoms with Crippen molar-refractivity contribution in [1.29, 1.82) is 0 Å². The zero-order valence-electron chi connectivity index (χ0n) is 8.31. The van der Waals surface area contributed by atoms with Crippen molar-refractivity contribution < 1.29 is 8.78 Å². The van der Waals surface area contributed by atoms with E-state index in [9.17, 15) is 8.78 Å². The maximum atomic E-state index is 12.9. The predicted octanol–water partition coefficient (Wildman–Crippen LogP) is 2.56. The average Bonchev–Trinajstić information content (AvgIpc) is 2.68. The Balaban J connectivity index is 1.53. The van der Waals surface area contributed by atoms with Gasteiger partial charge in [0.25, 0.3) is 0 Å². The molecule has 0 heterocycles. The number of hydrogen-bond donors (Lipinski definition) is 1. The highest BCUT2D eigenvalue weighted by atomic mass is 19.3. The van der Waals surface area contributed by atoms with E-state index < -0.39 is 5.92 Å². The first kappa shape index (κ1) is 9.08. The van der Waals surface area contributed by atoms with Gasteiger partial charge in [-0.3, -0.25) is 0 Å². The minimum atomic E-state index is -2.39. The molecule has 0 amide bonds. The SMILES string of the molecule is FC1(F)CCC(NC2CC[C@@H]3C[C@H]23)C1. The fourth-order valence-corrected chi connectivity index (χ4v) is 3.31. The Morgan fingerprint density at radius 1 is 1.14 bits per heavy atom. The van der Waals surface area contributed by atoms with Gasteiger partial charge < -0.3 is 5.32 Å². The number of halogens is 2. The van der Waals surface area contributed by atoms with Crippen LogP contribution in [0.1, 0.15) is 38.5 Å². The van der Waals surface area contributed by atoms with E-state index in [4.69, 9.17) is 0 Å². The van der Waals surface area contributed by atoms with Gasteiger partial charge >= 0.3 is 0 Å². The van der Waals surface area contributed by atoms with Crippen molar-refractivity contribution in [3.63, 3.8) is 0 Å². The van der Waals surface area contributed by atoms with Gasteiger partial charge in [-0.15, -0.1) is 0 Å². The molecule has 0 radical (unpaired) electrons. The van der Waals surface area contributed by atoms with Crippen LogP contribution in [0.5, 0.6) is 0 Å². The van der Waals surface area contributed by atoms with E-state index in [1.807, 2.05) is 0 Å². The van der Waals surface area contributed by atoms with Gasteiger partial charge in [0.2, 0.25) is 5.92 Å². The van der Waals surface area contributed by atoms with E-state index in [0.29, 0.717) is 12.5 Å². The molecule has 14 heavy (non-hydrogen) atoms. The number of nitrogens with one attached hydrogen (secondary N) is 1. The molecule has 4 atom stereocenters. The summed E-state index contributed by atoms with van der Waals surface area (Å²) in [7, 11) is 0. The lowest BCUT2D eigenvalue weighted by Crippen LogP contribution is -2.37. The molecule has 0 spiro atoms. The monoisotopic (exact) mass is 201 g/mol. The second-order valence-electron chi connectivity index (χ2n) is 5.31. The highest BCUT2D eigenvalue weighted by molar-refractivity contribution is 5.03. The van der Waals surface area contributed by atoms with Gasteiger partial charge in [0, 0.05) is 24.9 Å². The van der Waals surface area contributed by atoms with Gasteiger partial charge in [0.1, 0.15) is 0 Å². The molecule has 0 saturated heterocycles. The first-order chi connectivity index (χ1) is 6.64. The summed E-state index contributed by atoms with van der Waals surface area (Å²) in [6, 6.07) is 0.660. The van der Waals surface area contributed by atoms with Crippen molar-refractivity contribution in [2.24, 2.45) is 11.8 Å². The Kier molecular flexibility index (Phi) is 1.88. The number of fused-ring (bicyclic) bond motifs is 1. The molecule has 0 aliphatic heterocycles. The fourth-order valence-electron chi connectivity index (χ4n) is 3.31. The Morgan fingerprint density at radius 2 is 2.00 bits per heavy atom. The minimum Gasteiger partial charge on any atom is -0.311 e. The van der Waals surface area contributed by atoms with Gasteiger partial charge in [-0.05, 0) is 37.5 Å². The molecule has 3 aliphatic rings. The normalized spacial score (nSPS) is 49.3. The molecule has 2 unspecified atom stereocenters. The fraction of sp³-hybridized carbons (Fsp3) is 1.00. The van der Waals surface area contributed by atoms with Crippen molar-refractivity contribution in [3.05, 3.63) is 0 Å². The highest BCUT2D eigenvalue weighted by Gasteiger charge is 2.49. The standard InChI is InChI=1S/C11H17F2N/c12-11(13)4-3-8(6-11)14-10-2-1-7-5-9(7)10/h7-10,14H,1-6H2/t7-,8?,9+,10?/m1/s1. The smallest absolute Gasteiger partial charge is 0.249 e. The lowest BCUT2D eigenvalue weighted by molar-refractivity contribution is 0.00653. The Labute approximate surface area is 83.3 Å². The van der Waals surface area contributed by atoms with Crippen LogP contribution in [-0.2, 0) is 0 Å². The third-order valence-corrected chi connectivity index (χ3v) is 4.20. The summed E-state index contributed by atoms with van der Waals surface area (Å²) in [4.78, 5) is 0. The van der Waals surface area contributed by atoms with Gasteiger partial charge in [-0.25, -0.2) is 8.78 Å². The van der Waals surface area contributed by atoms with E-state index in [2.05, 4.69) is 5.32 Å².